The maximum atomic E-state index is 4.92. The Morgan fingerprint density at radius 1 is 1.20 bits per heavy atom. The zero-order chi connectivity index (χ0) is 14.3. The van der Waals surface area contributed by atoms with Crippen molar-refractivity contribution in [2.24, 2.45) is 5.92 Å². The van der Waals surface area contributed by atoms with Gasteiger partial charge in [0.1, 0.15) is 17.5 Å². The monoisotopic (exact) mass is 274 g/mol. The SMILES string of the molecule is CNc1nc(C2CC2)nc(N(CC2CC2)C(C)C)c1C. The lowest BCUT2D eigenvalue weighted by molar-refractivity contribution is 0.631. The Balaban J connectivity index is 1.97. The summed E-state index contributed by atoms with van der Waals surface area (Å²) in [6, 6.07) is 0.487. The van der Waals surface area contributed by atoms with Crippen molar-refractivity contribution >= 4 is 11.6 Å². The molecule has 20 heavy (non-hydrogen) atoms. The van der Waals surface area contributed by atoms with E-state index in [0.717, 1.165) is 29.9 Å². The van der Waals surface area contributed by atoms with Gasteiger partial charge in [-0.05, 0) is 52.4 Å². The van der Waals surface area contributed by atoms with Crippen LogP contribution in [0.3, 0.4) is 0 Å². The molecule has 2 aliphatic carbocycles. The van der Waals surface area contributed by atoms with Crippen LogP contribution in [0.15, 0.2) is 0 Å². The molecule has 1 aromatic heterocycles. The highest BCUT2D eigenvalue weighted by Crippen LogP contribution is 2.40. The van der Waals surface area contributed by atoms with Gasteiger partial charge in [-0.2, -0.15) is 0 Å². The van der Waals surface area contributed by atoms with E-state index >= 15 is 0 Å². The highest BCUT2D eigenvalue weighted by molar-refractivity contribution is 5.59. The molecule has 2 aliphatic rings. The lowest BCUT2D eigenvalue weighted by Gasteiger charge is -2.30. The molecule has 0 bridgehead atoms. The van der Waals surface area contributed by atoms with Crippen LogP contribution >= 0.6 is 0 Å². The van der Waals surface area contributed by atoms with E-state index in [1.807, 2.05) is 7.05 Å². The summed E-state index contributed by atoms with van der Waals surface area (Å²) < 4.78 is 0. The summed E-state index contributed by atoms with van der Waals surface area (Å²) in [6.45, 7) is 7.81. The zero-order valence-corrected chi connectivity index (χ0v) is 13.1. The molecule has 2 saturated carbocycles. The first kappa shape index (κ1) is 13.7. The molecule has 4 heteroatoms. The molecule has 3 rings (SSSR count). The summed E-state index contributed by atoms with van der Waals surface area (Å²) in [5.41, 5.74) is 1.19. The van der Waals surface area contributed by atoms with E-state index in [9.17, 15) is 0 Å². The summed E-state index contributed by atoms with van der Waals surface area (Å²) in [7, 11) is 1.95. The second-order valence-electron chi connectivity index (χ2n) is 6.59. The van der Waals surface area contributed by atoms with Crippen molar-refractivity contribution in [1.82, 2.24) is 9.97 Å². The molecule has 0 saturated heterocycles. The normalized spacial score (nSPS) is 18.4. The van der Waals surface area contributed by atoms with E-state index < -0.39 is 0 Å². The van der Waals surface area contributed by atoms with Crippen LogP contribution in [-0.4, -0.2) is 29.6 Å². The van der Waals surface area contributed by atoms with Gasteiger partial charge in [-0.15, -0.1) is 0 Å². The average Bonchev–Trinajstić information content (AvgIpc) is 3.27. The standard InChI is InChI=1S/C16H26N4/c1-10(2)20(9-12-5-6-12)16-11(3)14(17-4)18-15(19-16)13-7-8-13/h10,12-13H,5-9H2,1-4H3,(H,17,18,19). The summed E-state index contributed by atoms with van der Waals surface area (Å²) in [4.78, 5) is 12.1. The topological polar surface area (TPSA) is 41.1 Å². The van der Waals surface area contributed by atoms with Crippen molar-refractivity contribution in [3.8, 4) is 0 Å². The third kappa shape index (κ3) is 2.74. The molecule has 1 N–H and O–H groups in total. The number of rotatable bonds is 6. The van der Waals surface area contributed by atoms with Crippen LogP contribution in [0, 0.1) is 12.8 Å². The van der Waals surface area contributed by atoms with Crippen LogP contribution in [0.25, 0.3) is 0 Å². The number of aromatic nitrogens is 2. The molecule has 110 valence electrons. The molecule has 0 aliphatic heterocycles. The van der Waals surface area contributed by atoms with E-state index in [-0.39, 0.29) is 0 Å². The second-order valence-corrected chi connectivity index (χ2v) is 6.59. The van der Waals surface area contributed by atoms with Gasteiger partial charge in [0, 0.05) is 31.1 Å². The Hall–Kier alpha value is -1.32. The number of nitrogens with one attached hydrogen (secondary N) is 1. The Bertz CT molecular complexity index is 489. The predicted octanol–water partition coefficient (Wildman–Crippen LogP) is 3.33. The van der Waals surface area contributed by atoms with Gasteiger partial charge in [0.2, 0.25) is 0 Å². The van der Waals surface area contributed by atoms with E-state index in [2.05, 4.69) is 31.0 Å². The van der Waals surface area contributed by atoms with E-state index in [1.165, 1.54) is 31.2 Å². The second kappa shape index (κ2) is 5.23. The molecule has 0 amide bonds. The predicted molar refractivity (Wildman–Crippen MR) is 83.5 cm³/mol. The zero-order valence-electron chi connectivity index (χ0n) is 13.1. The van der Waals surface area contributed by atoms with Gasteiger partial charge in [0.05, 0.1) is 0 Å². The van der Waals surface area contributed by atoms with Crippen molar-refractivity contribution in [2.45, 2.75) is 58.4 Å². The van der Waals surface area contributed by atoms with E-state index in [0.29, 0.717) is 12.0 Å². The molecule has 0 atom stereocenters. The Morgan fingerprint density at radius 3 is 2.40 bits per heavy atom. The number of hydrogen-bond donors (Lipinski definition) is 1. The van der Waals surface area contributed by atoms with Crippen molar-refractivity contribution in [2.75, 3.05) is 23.8 Å². The van der Waals surface area contributed by atoms with Crippen molar-refractivity contribution in [3.05, 3.63) is 11.4 Å². The maximum absolute atomic E-state index is 4.92. The van der Waals surface area contributed by atoms with E-state index in [4.69, 9.17) is 9.97 Å². The molecule has 4 nitrogen and oxygen atoms in total. The maximum Gasteiger partial charge on any atom is 0.137 e. The largest absolute Gasteiger partial charge is 0.373 e. The van der Waals surface area contributed by atoms with Crippen LogP contribution in [0.2, 0.25) is 0 Å². The third-order valence-corrected chi connectivity index (χ3v) is 4.36. The van der Waals surface area contributed by atoms with Gasteiger partial charge in [0.15, 0.2) is 0 Å². The van der Waals surface area contributed by atoms with Crippen molar-refractivity contribution < 1.29 is 0 Å². The lowest BCUT2D eigenvalue weighted by atomic mass is 10.2. The number of nitrogens with zero attached hydrogens (tertiary/aromatic N) is 3. The van der Waals surface area contributed by atoms with Crippen molar-refractivity contribution in [1.29, 1.82) is 0 Å². The van der Waals surface area contributed by atoms with Crippen LogP contribution in [-0.2, 0) is 0 Å². The number of anilines is 2. The smallest absolute Gasteiger partial charge is 0.137 e. The van der Waals surface area contributed by atoms with Gasteiger partial charge < -0.3 is 10.2 Å². The first-order chi connectivity index (χ1) is 9.60. The van der Waals surface area contributed by atoms with Crippen LogP contribution in [0.4, 0.5) is 11.6 Å². The fourth-order valence-corrected chi connectivity index (χ4v) is 2.69. The molecule has 2 fully saturated rings. The van der Waals surface area contributed by atoms with Crippen LogP contribution < -0.4 is 10.2 Å². The molecule has 0 unspecified atom stereocenters. The van der Waals surface area contributed by atoms with Crippen LogP contribution in [0.1, 0.15) is 56.8 Å². The summed E-state index contributed by atoms with van der Waals surface area (Å²) in [6.07, 6.45) is 5.25. The van der Waals surface area contributed by atoms with Gasteiger partial charge in [-0.3, -0.25) is 0 Å². The first-order valence-electron chi connectivity index (χ1n) is 7.93. The molecule has 0 spiro atoms. The van der Waals surface area contributed by atoms with Gasteiger partial charge >= 0.3 is 0 Å². The fraction of sp³-hybridized carbons (Fsp3) is 0.750. The van der Waals surface area contributed by atoms with Gasteiger partial charge in [-0.1, -0.05) is 0 Å². The minimum atomic E-state index is 0.487. The molecule has 0 aromatic carbocycles. The summed E-state index contributed by atoms with van der Waals surface area (Å²) in [5.74, 6) is 4.65. The summed E-state index contributed by atoms with van der Waals surface area (Å²) >= 11 is 0. The Morgan fingerprint density at radius 2 is 1.90 bits per heavy atom. The highest BCUT2D eigenvalue weighted by Gasteiger charge is 2.31. The summed E-state index contributed by atoms with van der Waals surface area (Å²) in [5, 5.41) is 3.24. The molecule has 1 aromatic rings. The number of hydrogen-bond acceptors (Lipinski definition) is 4. The highest BCUT2D eigenvalue weighted by atomic mass is 15.2. The molecular weight excluding hydrogens is 248 g/mol. The van der Waals surface area contributed by atoms with Gasteiger partial charge in [0.25, 0.3) is 0 Å². The molecule has 1 heterocycles. The minimum absolute atomic E-state index is 0.487. The average molecular weight is 274 g/mol. The first-order valence-corrected chi connectivity index (χ1v) is 7.93. The van der Waals surface area contributed by atoms with Crippen molar-refractivity contribution in [3.63, 3.8) is 0 Å². The Kier molecular flexibility index (Phi) is 3.57. The minimum Gasteiger partial charge on any atom is -0.373 e. The fourth-order valence-electron chi connectivity index (χ4n) is 2.69. The van der Waals surface area contributed by atoms with E-state index in [1.54, 1.807) is 0 Å². The Labute approximate surface area is 122 Å². The molecular formula is C16H26N4. The van der Waals surface area contributed by atoms with Gasteiger partial charge in [-0.25, -0.2) is 9.97 Å². The van der Waals surface area contributed by atoms with Crippen LogP contribution in [0.5, 0.6) is 0 Å². The quantitative estimate of drug-likeness (QED) is 0.864. The lowest BCUT2D eigenvalue weighted by Crippen LogP contribution is -2.34. The molecule has 0 radical (unpaired) electrons. The third-order valence-electron chi connectivity index (χ3n) is 4.36.